The van der Waals surface area contributed by atoms with E-state index in [9.17, 15) is 22.4 Å². The maximum Gasteiger partial charge on any atom is 0.264 e. The summed E-state index contributed by atoms with van der Waals surface area (Å²) < 4.78 is 42.2. The van der Waals surface area contributed by atoms with E-state index in [1.807, 2.05) is 58.9 Å². The van der Waals surface area contributed by atoms with Crippen molar-refractivity contribution in [1.29, 1.82) is 0 Å². The number of aryl methyl sites for hydroxylation is 2. The van der Waals surface area contributed by atoms with E-state index in [0.29, 0.717) is 0 Å². The van der Waals surface area contributed by atoms with Crippen molar-refractivity contribution in [2.24, 2.45) is 0 Å². The molecule has 0 heterocycles. The first-order chi connectivity index (χ1) is 18.2. The van der Waals surface area contributed by atoms with E-state index < -0.39 is 39.9 Å². The van der Waals surface area contributed by atoms with Gasteiger partial charge in [0.1, 0.15) is 18.4 Å². The molecule has 7 nitrogen and oxygen atoms in total. The topological polar surface area (TPSA) is 86.8 Å². The molecule has 208 valence electrons. The zero-order valence-corrected chi connectivity index (χ0v) is 24.0. The SMILES string of the molecule is Cc1ccc(S(=O)(=O)N(CC(=O)N(Cc2cccc(C)c2)C(C)C(=O)NC(C)(C)C)c2ccc(F)cc2)cc1. The molecule has 3 rings (SSSR count). The maximum absolute atomic E-state index is 13.9. The Bertz CT molecular complexity index is 1420. The minimum Gasteiger partial charge on any atom is -0.350 e. The molecular weight excluding hydrogens is 517 g/mol. The number of nitrogens with one attached hydrogen (secondary N) is 1. The Labute approximate surface area is 230 Å². The first-order valence-corrected chi connectivity index (χ1v) is 14.1. The van der Waals surface area contributed by atoms with E-state index in [1.165, 1.54) is 29.2 Å². The molecular formula is C30H36FN3O4S. The van der Waals surface area contributed by atoms with Crippen molar-refractivity contribution >= 4 is 27.5 Å². The highest BCUT2D eigenvalue weighted by atomic mass is 32.2. The van der Waals surface area contributed by atoms with Crippen LogP contribution in [0.25, 0.3) is 0 Å². The summed E-state index contributed by atoms with van der Waals surface area (Å²) in [6, 6.07) is 17.8. The number of hydrogen-bond acceptors (Lipinski definition) is 4. The van der Waals surface area contributed by atoms with Crippen LogP contribution >= 0.6 is 0 Å². The van der Waals surface area contributed by atoms with Gasteiger partial charge >= 0.3 is 0 Å². The minimum absolute atomic E-state index is 0.00557. The number of amides is 2. The average Bonchev–Trinajstić information content (AvgIpc) is 2.85. The predicted molar refractivity (Wildman–Crippen MR) is 151 cm³/mol. The lowest BCUT2D eigenvalue weighted by atomic mass is 10.1. The molecule has 0 bridgehead atoms. The summed E-state index contributed by atoms with van der Waals surface area (Å²) in [6.45, 7) is 10.4. The van der Waals surface area contributed by atoms with Gasteiger partial charge in [-0.15, -0.1) is 0 Å². The van der Waals surface area contributed by atoms with Crippen LogP contribution in [0.15, 0.2) is 77.7 Å². The fraction of sp³-hybridized carbons (Fsp3) is 0.333. The molecule has 0 aromatic heterocycles. The van der Waals surface area contributed by atoms with E-state index in [0.717, 1.165) is 33.1 Å². The first kappa shape index (κ1) is 29.8. The molecule has 1 N–H and O–H groups in total. The monoisotopic (exact) mass is 553 g/mol. The van der Waals surface area contributed by atoms with Crippen molar-refractivity contribution in [3.8, 4) is 0 Å². The molecule has 0 radical (unpaired) electrons. The third kappa shape index (κ3) is 7.89. The molecule has 0 aliphatic carbocycles. The number of halogens is 1. The highest BCUT2D eigenvalue weighted by molar-refractivity contribution is 7.92. The summed E-state index contributed by atoms with van der Waals surface area (Å²) in [5.41, 5.74) is 2.27. The molecule has 0 aliphatic heterocycles. The number of hydrogen-bond donors (Lipinski definition) is 1. The maximum atomic E-state index is 13.9. The number of carbonyl (C=O) groups is 2. The number of sulfonamides is 1. The summed E-state index contributed by atoms with van der Waals surface area (Å²) in [7, 11) is -4.20. The van der Waals surface area contributed by atoms with Crippen LogP contribution in [0.2, 0.25) is 0 Å². The van der Waals surface area contributed by atoms with Gasteiger partial charge in [0, 0.05) is 12.1 Å². The molecule has 0 fully saturated rings. The Kier molecular flexibility index (Phi) is 9.17. The Hall–Kier alpha value is -3.72. The molecule has 3 aromatic rings. The zero-order chi connectivity index (χ0) is 29.0. The first-order valence-electron chi connectivity index (χ1n) is 12.7. The van der Waals surface area contributed by atoms with Crippen molar-refractivity contribution < 1.29 is 22.4 Å². The Morgan fingerprint density at radius 2 is 1.54 bits per heavy atom. The van der Waals surface area contributed by atoms with Gasteiger partial charge in [0.25, 0.3) is 10.0 Å². The molecule has 0 saturated heterocycles. The summed E-state index contributed by atoms with van der Waals surface area (Å²) in [5.74, 6) is -1.47. The standard InChI is InChI=1S/C30H36FN3O4S/c1-21-10-16-27(17-11-21)39(37,38)34(26-14-12-25(31)13-15-26)20-28(35)33(19-24-9-7-8-22(2)18-24)23(3)29(36)32-30(4,5)6/h7-18,23H,19-20H2,1-6H3,(H,32,36). The van der Waals surface area contributed by atoms with Crippen LogP contribution in [-0.2, 0) is 26.2 Å². The van der Waals surface area contributed by atoms with Gasteiger partial charge in [-0.1, -0.05) is 47.5 Å². The van der Waals surface area contributed by atoms with Gasteiger partial charge in [0.05, 0.1) is 10.6 Å². The zero-order valence-electron chi connectivity index (χ0n) is 23.2. The largest absolute Gasteiger partial charge is 0.350 e. The van der Waals surface area contributed by atoms with Gasteiger partial charge in [-0.25, -0.2) is 12.8 Å². The van der Waals surface area contributed by atoms with Crippen LogP contribution in [0.4, 0.5) is 10.1 Å². The third-order valence-electron chi connectivity index (χ3n) is 6.10. The van der Waals surface area contributed by atoms with Crippen molar-refractivity contribution in [2.45, 2.75) is 64.6 Å². The summed E-state index contributed by atoms with van der Waals surface area (Å²) >= 11 is 0. The third-order valence-corrected chi connectivity index (χ3v) is 7.89. The molecule has 0 aliphatic rings. The van der Waals surface area contributed by atoms with Crippen LogP contribution in [0, 0.1) is 19.7 Å². The Morgan fingerprint density at radius 3 is 2.10 bits per heavy atom. The van der Waals surface area contributed by atoms with E-state index in [4.69, 9.17) is 0 Å². The molecule has 1 unspecified atom stereocenters. The number of nitrogens with zero attached hydrogens (tertiary/aromatic N) is 2. The highest BCUT2D eigenvalue weighted by Gasteiger charge is 2.33. The number of rotatable bonds is 9. The molecule has 3 aromatic carbocycles. The second kappa shape index (κ2) is 12.0. The Morgan fingerprint density at radius 1 is 0.923 bits per heavy atom. The van der Waals surface area contributed by atoms with Crippen LogP contribution in [0.5, 0.6) is 0 Å². The van der Waals surface area contributed by atoms with Gasteiger partial charge in [-0.2, -0.15) is 0 Å². The fourth-order valence-electron chi connectivity index (χ4n) is 4.04. The highest BCUT2D eigenvalue weighted by Crippen LogP contribution is 2.25. The number of carbonyl (C=O) groups excluding carboxylic acids is 2. The average molecular weight is 554 g/mol. The number of benzene rings is 3. The lowest BCUT2D eigenvalue weighted by Gasteiger charge is -2.33. The van der Waals surface area contributed by atoms with Crippen LogP contribution in [0.3, 0.4) is 0 Å². The van der Waals surface area contributed by atoms with E-state index in [-0.39, 0.29) is 23.0 Å². The van der Waals surface area contributed by atoms with Gasteiger partial charge in [0.15, 0.2) is 0 Å². The van der Waals surface area contributed by atoms with Crippen LogP contribution < -0.4 is 9.62 Å². The van der Waals surface area contributed by atoms with Gasteiger partial charge < -0.3 is 10.2 Å². The van der Waals surface area contributed by atoms with Crippen molar-refractivity contribution in [1.82, 2.24) is 10.2 Å². The summed E-state index contributed by atoms with van der Waals surface area (Å²) in [4.78, 5) is 28.4. The fourth-order valence-corrected chi connectivity index (χ4v) is 5.45. The molecule has 39 heavy (non-hydrogen) atoms. The van der Waals surface area contributed by atoms with E-state index in [2.05, 4.69) is 5.32 Å². The van der Waals surface area contributed by atoms with Gasteiger partial charge in [0.2, 0.25) is 11.8 Å². The van der Waals surface area contributed by atoms with Gasteiger partial charge in [-0.05, 0) is 83.5 Å². The van der Waals surface area contributed by atoms with Crippen molar-refractivity contribution in [2.75, 3.05) is 10.8 Å². The second-order valence-corrected chi connectivity index (χ2v) is 12.6. The molecule has 2 amide bonds. The second-order valence-electron chi connectivity index (χ2n) is 10.7. The smallest absolute Gasteiger partial charge is 0.264 e. The van der Waals surface area contributed by atoms with Crippen molar-refractivity contribution in [3.63, 3.8) is 0 Å². The number of anilines is 1. The molecule has 9 heteroatoms. The van der Waals surface area contributed by atoms with E-state index >= 15 is 0 Å². The van der Waals surface area contributed by atoms with Gasteiger partial charge in [-0.3, -0.25) is 13.9 Å². The lowest BCUT2D eigenvalue weighted by Crippen LogP contribution is -2.54. The van der Waals surface area contributed by atoms with Crippen molar-refractivity contribution in [3.05, 3.63) is 95.3 Å². The Balaban J connectivity index is 2.03. The van der Waals surface area contributed by atoms with Crippen LogP contribution in [0.1, 0.15) is 44.4 Å². The normalized spacial score (nSPS) is 12.5. The van der Waals surface area contributed by atoms with E-state index in [1.54, 1.807) is 19.1 Å². The lowest BCUT2D eigenvalue weighted by molar-refractivity contribution is -0.140. The summed E-state index contributed by atoms with van der Waals surface area (Å²) in [6.07, 6.45) is 0. The molecule has 0 saturated carbocycles. The van der Waals surface area contributed by atoms with Crippen LogP contribution in [-0.4, -0.2) is 43.3 Å². The summed E-state index contributed by atoms with van der Waals surface area (Å²) in [5, 5.41) is 2.90. The minimum atomic E-state index is -4.20. The quantitative estimate of drug-likeness (QED) is 0.405. The molecule has 1 atom stereocenters. The predicted octanol–water partition coefficient (Wildman–Crippen LogP) is 4.97. The molecule has 0 spiro atoms.